The Labute approximate surface area is 227 Å². The lowest BCUT2D eigenvalue weighted by Crippen LogP contribution is -2.55. The highest BCUT2D eigenvalue weighted by Gasteiger charge is 2.48. The molecule has 2 saturated carbocycles. The van der Waals surface area contributed by atoms with Crippen molar-refractivity contribution in [3.05, 3.63) is 22.6 Å². The first-order valence-corrected chi connectivity index (χ1v) is 15.1. The summed E-state index contributed by atoms with van der Waals surface area (Å²) >= 11 is 0.712. The highest BCUT2D eigenvalue weighted by atomic mass is 32.2. The minimum atomic E-state index is -4.47. The number of nitrogens with zero attached hydrogens (tertiary/aromatic N) is 6. The van der Waals surface area contributed by atoms with E-state index < -0.39 is 37.7 Å². The quantitative estimate of drug-likeness (QED) is 0.433. The van der Waals surface area contributed by atoms with E-state index in [1.807, 2.05) is 19.9 Å². The van der Waals surface area contributed by atoms with Crippen molar-refractivity contribution in [3.8, 4) is 16.6 Å². The summed E-state index contributed by atoms with van der Waals surface area (Å²) in [5, 5.41) is 25.0. The van der Waals surface area contributed by atoms with Crippen molar-refractivity contribution in [1.29, 1.82) is 5.26 Å². The Hall–Kier alpha value is -2.80. The molecule has 4 heterocycles. The molecule has 0 bridgehead atoms. The lowest BCUT2D eigenvalue weighted by molar-refractivity contribution is 0.150. The van der Waals surface area contributed by atoms with E-state index in [9.17, 15) is 22.5 Å². The molecule has 0 spiro atoms. The van der Waals surface area contributed by atoms with Gasteiger partial charge in [-0.25, -0.2) is 26.1 Å². The van der Waals surface area contributed by atoms with Gasteiger partial charge in [0.1, 0.15) is 10.4 Å². The van der Waals surface area contributed by atoms with E-state index in [2.05, 4.69) is 20.2 Å². The number of hydrogen-bond donors (Lipinski definition) is 2. The van der Waals surface area contributed by atoms with Crippen LogP contribution in [0.25, 0.3) is 16.1 Å². The Morgan fingerprint density at radius 1 is 1.23 bits per heavy atom. The van der Waals surface area contributed by atoms with Gasteiger partial charge in [-0.2, -0.15) is 15.1 Å². The molecular weight excluding hydrogens is 553 g/mol. The lowest BCUT2D eigenvalue weighted by Gasteiger charge is -2.37. The number of hydrogen-bond acceptors (Lipinski definition) is 9. The van der Waals surface area contributed by atoms with Crippen LogP contribution in [0.2, 0.25) is 0 Å². The Morgan fingerprint density at radius 3 is 2.46 bits per heavy atom. The van der Waals surface area contributed by atoms with Gasteiger partial charge in [0, 0.05) is 31.1 Å². The number of piperazine rings is 1. The smallest absolute Gasteiger partial charge is 0.291 e. The highest BCUT2D eigenvalue weighted by molar-refractivity contribution is 7.89. The monoisotopic (exact) mass is 580 g/mol. The molecule has 10 nitrogen and oxygen atoms in total. The summed E-state index contributed by atoms with van der Waals surface area (Å²) in [6, 6.07) is 3.11. The molecule has 0 radical (unpaired) electrons. The summed E-state index contributed by atoms with van der Waals surface area (Å²) in [7, 11) is -4.47. The summed E-state index contributed by atoms with van der Waals surface area (Å²) in [6.45, 7) is 4.67. The molecule has 0 unspecified atom stereocenters. The average Bonchev–Trinajstić information content (AvgIpc) is 3.24. The first-order chi connectivity index (χ1) is 18.5. The Morgan fingerprint density at radius 2 is 1.92 bits per heavy atom. The summed E-state index contributed by atoms with van der Waals surface area (Å²) in [4.78, 5) is 1.14. The largest absolute Gasteiger partial charge is 0.351 e. The van der Waals surface area contributed by atoms with Crippen molar-refractivity contribution in [2.24, 2.45) is 0 Å². The van der Waals surface area contributed by atoms with Crippen LogP contribution in [0, 0.1) is 17.1 Å². The minimum absolute atomic E-state index is 0.00193. The Kier molecular flexibility index (Phi) is 6.37. The molecule has 2 N–H and O–H groups in total. The predicted molar refractivity (Wildman–Crippen MR) is 138 cm³/mol. The molecule has 3 aliphatic rings. The number of alkyl halides is 2. The summed E-state index contributed by atoms with van der Waals surface area (Å²) in [6.07, 6.45) is 0.435. The molecule has 3 fully saturated rings. The second-order valence-electron chi connectivity index (χ2n) is 10.8. The summed E-state index contributed by atoms with van der Waals surface area (Å²) in [5.41, 5.74) is -0.0692. The van der Waals surface area contributed by atoms with Gasteiger partial charge in [0.05, 0.1) is 22.8 Å². The topological polar surface area (TPSA) is 128 Å². The van der Waals surface area contributed by atoms with Gasteiger partial charge in [-0.05, 0) is 45.6 Å². The van der Waals surface area contributed by atoms with Crippen LogP contribution in [0.15, 0.2) is 11.0 Å². The van der Waals surface area contributed by atoms with E-state index in [-0.39, 0.29) is 34.3 Å². The first-order valence-electron chi connectivity index (χ1n) is 12.8. The van der Waals surface area contributed by atoms with E-state index in [1.54, 1.807) is 4.90 Å². The number of pyridine rings is 1. The zero-order valence-corrected chi connectivity index (χ0v) is 22.9. The van der Waals surface area contributed by atoms with Gasteiger partial charge in [0.25, 0.3) is 6.43 Å². The van der Waals surface area contributed by atoms with E-state index in [4.69, 9.17) is 5.10 Å². The van der Waals surface area contributed by atoms with Crippen LogP contribution in [0.4, 0.5) is 19.0 Å². The Balaban J connectivity index is 1.62. The number of sulfonamides is 1. The van der Waals surface area contributed by atoms with Crippen LogP contribution in [-0.2, 0) is 10.0 Å². The third-order valence-electron chi connectivity index (χ3n) is 7.60. The molecule has 0 amide bonds. The maximum absolute atomic E-state index is 16.4. The van der Waals surface area contributed by atoms with Crippen molar-refractivity contribution >= 4 is 32.7 Å². The number of anilines is 1. The fourth-order valence-corrected chi connectivity index (χ4v) is 7.62. The predicted octanol–water partition coefficient (Wildman–Crippen LogP) is 3.72. The fraction of sp³-hybridized carbons (Fsp3) is 0.583. The molecule has 3 aromatic rings. The van der Waals surface area contributed by atoms with E-state index in [1.165, 1.54) is 10.6 Å². The van der Waals surface area contributed by atoms with Crippen molar-refractivity contribution in [2.45, 2.75) is 80.8 Å². The fourth-order valence-electron chi connectivity index (χ4n) is 5.39. The van der Waals surface area contributed by atoms with Gasteiger partial charge < -0.3 is 10.2 Å². The number of nitriles is 1. The zero-order valence-electron chi connectivity index (χ0n) is 21.3. The van der Waals surface area contributed by atoms with Gasteiger partial charge >= 0.3 is 0 Å². The molecule has 39 heavy (non-hydrogen) atoms. The van der Waals surface area contributed by atoms with Crippen molar-refractivity contribution in [1.82, 2.24) is 29.9 Å². The number of nitrogens with one attached hydrogen (secondary N) is 2. The maximum atomic E-state index is 16.4. The van der Waals surface area contributed by atoms with Gasteiger partial charge in [0.2, 0.25) is 10.0 Å². The van der Waals surface area contributed by atoms with E-state index in [0.717, 1.165) is 19.3 Å². The van der Waals surface area contributed by atoms with Gasteiger partial charge in [0.15, 0.2) is 21.7 Å². The molecule has 3 aromatic heterocycles. The molecule has 2 aliphatic carbocycles. The lowest BCUT2D eigenvalue weighted by atomic mass is 9.81. The Bertz CT molecular complexity index is 1580. The third kappa shape index (κ3) is 4.56. The number of aromatic nitrogens is 4. The van der Waals surface area contributed by atoms with Crippen molar-refractivity contribution in [2.75, 3.05) is 18.0 Å². The average molecular weight is 581 g/mol. The molecule has 6 rings (SSSR count). The van der Waals surface area contributed by atoms with Gasteiger partial charge in [-0.3, -0.25) is 0 Å². The number of halogens is 3. The number of fused-ring (bicyclic) bond motifs is 1. The molecule has 1 saturated heterocycles. The molecule has 2 atom stereocenters. The SMILES string of the molecule is C[C@H]1CN(c2c(F)c(S(=O)(=O)NC3(C#N)CC3)cc3c(-c4nnc(C(F)F)s4)c(C4CCC4)nn23)C[C@H](C)N1. The van der Waals surface area contributed by atoms with Crippen LogP contribution in [0.1, 0.15) is 69.0 Å². The number of rotatable bonds is 7. The first kappa shape index (κ1) is 26.4. The maximum Gasteiger partial charge on any atom is 0.291 e. The van der Waals surface area contributed by atoms with E-state index in [0.29, 0.717) is 48.5 Å². The van der Waals surface area contributed by atoms with Crippen molar-refractivity contribution < 1.29 is 21.6 Å². The molecule has 15 heteroatoms. The molecule has 208 valence electrons. The normalized spacial score (nSPS) is 23.3. The molecular formula is C24H27F3N8O2S2. The van der Waals surface area contributed by atoms with Crippen LogP contribution >= 0.6 is 11.3 Å². The zero-order chi connectivity index (χ0) is 27.7. The highest BCUT2D eigenvalue weighted by Crippen LogP contribution is 2.46. The van der Waals surface area contributed by atoms with Gasteiger partial charge in [-0.15, -0.1) is 10.2 Å². The third-order valence-corrected chi connectivity index (χ3v) is 10.1. The summed E-state index contributed by atoms with van der Waals surface area (Å²) < 4.78 is 74.1. The minimum Gasteiger partial charge on any atom is -0.351 e. The van der Waals surface area contributed by atoms with Crippen LogP contribution in [0.5, 0.6) is 0 Å². The van der Waals surface area contributed by atoms with Crippen molar-refractivity contribution in [3.63, 3.8) is 0 Å². The summed E-state index contributed by atoms with van der Waals surface area (Å²) in [5.74, 6) is -1.01. The van der Waals surface area contributed by atoms with Crippen LogP contribution in [0.3, 0.4) is 0 Å². The van der Waals surface area contributed by atoms with Gasteiger partial charge in [-0.1, -0.05) is 17.8 Å². The standard InChI is InChI=1S/C24H27F3N8O2S2/c1-12-9-34(10-13(2)29-12)23-18(25)16(39(36,37)33-24(11-28)6-7-24)8-15-17(21-30-31-22(38-21)20(26)27)19(32-35(15)23)14-4-3-5-14/h8,12-14,20,29,33H,3-7,9-10H2,1-2H3/t12-,13-/m0/s1. The van der Waals surface area contributed by atoms with E-state index >= 15 is 4.39 Å². The molecule has 1 aliphatic heterocycles. The molecule has 0 aromatic carbocycles. The second-order valence-corrected chi connectivity index (χ2v) is 13.4. The van der Waals surface area contributed by atoms with Crippen LogP contribution in [-0.4, -0.2) is 58.9 Å². The second kappa shape index (κ2) is 9.39. The van der Waals surface area contributed by atoms with Crippen LogP contribution < -0.4 is 14.9 Å².